The van der Waals surface area contributed by atoms with Gasteiger partial charge in [0.1, 0.15) is 5.69 Å². The number of thiazole rings is 1. The highest BCUT2D eigenvalue weighted by Crippen LogP contribution is 2.21. The molecule has 0 aromatic carbocycles. The average molecular weight is 373 g/mol. The largest absolute Gasteiger partial charge is 0.378 e. The molecular weight excluding hydrogens is 348 g/mol. The summed E-state index contributed by atoms with van der Waals surface area (Å²) in [5.74, 6) is -0.303. The van der Waals surface area contributed by atoms with E-state index in [0.29, 0.717) is 24.0 Å². The van der Waals surface area contributed by atoms with Gasteiger partial charge in [0.05, 0.1) is 13.2 Å². The van der Waals surface area contributed by atoms with Gasteiger partial charge in [0.2, 0.25) is 0 Å². The van der Waals surface area contributed by atoms with E-state index in [9.17, 15) is 4.79 Å². The summed E-state index contributed by atoms with van der Waals surface area (Å²) in [5, 5.41) is 6.02. The first-order valence-electron chi connectivity index (χ1n) is 7.83. The molecule has 1 aromatic rings. The minimum Gasteiger partial charge on any atom is -0.378 e. The number of rotatable bonds is 6. The van der Waals surface area contributed by atoms with Gasteiger partial charge in [-0.3, -0.25) is 15.6 Å². The van der Waals surface area contributed by atoms with Crippen molar-refractivity contribution in [3.05, 3.63) is 11.1 Å². The summed E-state index contributed by atoms with van der Waals surface area (Å²) in [4.78, 5) is 20.7. The zero-order chi connectivity index (χ0) is 17.4. The molecule has 24 heavy (non-hydrogen) atoms. The van der Waals surface area contributed by atoms with Gasteiger partial charge in [-0.25, -0.2) is 4.98 Å². The van der Waals surface area contributed by atoms with Crippen molar-refractivity contribution in [3.8, 4) is 0 Å². The topological polar surface area (TPSA) is 81.8 Å². The van der Waals surface area contributed by atoms with E-state index < -0.39 is 0 Å². The van der Waals surface area contributed by atoms with Gasteiger partial charge >= 0.3 is 0 Å². The highest BCUT2D eigenvalue weighted by molar-refractivity contribution is 7.80. The number of anilines is 1. The number of hydrogen-bond donors (Lipinski definition) is 3. The van der Waals surface area contributed by atoms with Crippen LogP contribution in [0.25, 0.3) is 0 Å². The Bertz CT molecular complexity index is 545. The van der Waals surface area contributed by atoms with Crippen LogP contribution in [0.1, 0.15) is 16.9 Å². The van der Waals surface area contributed by atoms with E-state index in [-0.39, 0.29) is 5.91 Å². The summed E-state index contributed by atoms with van der Waals surface area (Å²) in [6.45, 7) is 4.71. The molecule has 3 N–H and O–H groups in total. The van der Waals surface area contributed by atoms with Gasteiger partial charge in [0.25, 0.3) is 5.91 Å². The van der Waals surface area contributed by atoms with E-state index in [0.717, 1.165) is 37.7 Å². The Morgan fingerprint density at radius 1 is 1.42 bits per heavy atom. The molecule has 0 spiro atoms. The van der Waals surface area contributed by atoms with Crippen molar-refractivity contribution in [2.24, 2.45) is 0 Å². The van der Waals surface area contributed by atoms with Gasteiger partial charge in [-0.05, 0) is 39.3 Å². The van der Waals surface area contributed by atoms with Gasteiger partial charge in [0, 0.05) is 25.0 Å². The van der Waals surface area contributed by atoms with Crippen LogP contribution in [-0.4, -0.2) is 74.4 Å². The molecule has 8 nitrogen and oxygen atoms in total. The zero-order valence-electron chi connectivity index (χ0n) is 14.0. The van der Waals surface area contributed by atoms with Crippen molar-refractivity contribution in [3.63, 3.8) is 0 Å². The molecule has 0 aliphatic carbocycles. The summed E-state index contributed by atoms with van der Waals surface area (Å²) in [6.07, 6.45) is 0.970. The van der Waals surface area contributed by atoms with Crippen LogP contribution in [0.2, 0.25) is 0 Å². The lowest BCUT2D eigenvalue weighted by Gasteiger charge is -2.25. The second kappa shape index (κ2) is 9.72. The average Bonchev–Trinajstić information content (AvgIpc) is 3.07. The predicted octanol–water partition coefficient (Wildman–Crippen LogP) is 0.0403. The summed E-state index contributed by atoms with van der Waals surface area (Å²) in [6, 6.07) is 0. The number of hydrazine groups is 1. The second-order valence-corrected chi connectivity index (χ2v) is 6.85. The summed E-state index contributed by atoms with van der Waals surface area (Å²) in [5.41, 5.74) is 5.64. The number of carbonyl (C=O) groups excluding carboxylic acids is 1. The number of nitrogens with one attached hydrogen (secondary N) is 3. The number of thiocarbonyl (C=S) groups is 1. The summed E-state index contributed by atoms with van der Waals surface area (Å²) in [7, 11) is 4.05. The van der Waals surface area contributed by atoms with E-state index in [2.05, 4.69) is 31.0 Å². The van der Waals surface area contributed by atoms with Crippen LogP contribution in [0.5, 0.6) is 0 Å². The SMILES string of the molecule is CN(C)CCCNC(=S)NNC(=O)c1csc(N2CCOCC2)n1. The van der Waals surface area contributed by atoms with Crippen molar-refractivity contribution in [2.45, 2.75) is 6.42 Å². The Hall–Kier alpha value is -1.49. The Morgan fingerprint density at radius 3 is 2.88 bits per heavy atom. The third-order valence-electron chi connectivity index (χ3n) is 3.36. The number of ether oxygens (including phenoxy) is 1. The van der Waals surface area contributed by atoms with Crippen molar-refractivity contribution in [1.29, 1.82) is 0 Å². The minimum atomic E-state index is -0.303. The van der Waals surface area contributed by atoms with Crippen molar-refractivity contribution in [2.75, 3.05) is 58.4 Å². The first-order valence-corrected chi connectivity index (χ1v) is 9.12. The number of morpholine rings is 1. The zero-order valence-corrected chi connectivity index (χ0v) is 15.6. The molecule has 0 unspecified atom stereocenters. The van der Waals surface area contributed by atoms with Gasteiger partial charge in [-0.2, -0.15) is 0 Å². The van der Waals surface area contributed by atoms with Crippen LogP contribution < -0.4 is 21.1 Å². The molecule has 1 aromatic heterocycles. The van der Waals surface area contributed by atoms with E-state index in [1.807, 2.05) is 14.1 Å². The standard InChI is InChI=1S/C14H24N6O2S2/c1-19(2)5-3-4-15-13(23)18-17-12(21)11-10-24-14(16-11)20-6-8-22-9-7-20/h10H,3-9H2,1-2H3,(H,17,21)(H2,15,18,23). The van der Waals surface area contributed by atoms with Crippen LogP contribution in [0.15, 0.2) is 5.38 Å². The Balaban J connectivity index is 1.70. The first kappa shape index (κ1) is 18.8. The molecule has 0 atom stereocenters. The normalized spacial score (nSPS) is 14.5. The minimum absolute atomic E-state index is 0.303. The fourth-order valence-corrected chi connectivity index (χ4v) is 3.10. The van der Waals surface area contributed by atoms with Crippen LogP contribution in [0.3, 0.4) is 0 Å². The molecule has 1 fully saturated rings. The fraction of sp³-hybridized carbons (Fsp3) is 0.643. The quantitative estimate of drug-likeness (QED) is 0.367. The van der Waals surface area contributed by atoms with Gasteiger partial charge in [-0.1, -0.05) is 0 Å². The number of aromatic nitrogens is 1. The van der Waals surface area contributed by atoms with Gasteiger partial charge in [0.15, 0.2) is 10.2 Å². The Labute approximate surface area is 151 Å². The molecule has 0 bridgehead atoms. The maximum absolute atomic E-state index is 12.1. The maximum atomic E-state index is 12.1. The monoisotopic (exact) mass is 372 g/mol. The third-order valence-corrected chi connectivity index (χ3v) is 4.51. The lowest BCUT2D eigenvalue weighted by Crippen LogP contribution is -2.47. The van der Waals surface area contributed by atoms with Crippen LogP contribution >= 0.6 is 23.6 Å². The predicted molar refractivity (Wildman–Crippen MR) is 99.5 cm³/mol. The lowest BCUT2D eigenvalue weighted by atomic mass is 10.4. The third kappa shape index (κ3) is 6.19. The molecule has 1 aliphatic rings. The highest BCUT2D eigenvalue weighted by Gasteiger charge is 2.17. The number of nitrogens with zero attached hydrogens (tertiary/aromatic N) is 3. The highest BCUT2D eigenvalue weighted by atomic mass is 32.1. The molecule has 1 amide bonds. The molecule has 134 valence electrons. The summed E-state index contributed by atoms with van der Waals surface area (Å²) >= 11 is 6.57. The van der Waals surface area contributed by atoms with Gasteiger partial charge in [-0.15, -0.1) is 11.3 Å². The first-order chi connectivity index (χ1) is 11.6. The molecular formula is C14H24N6O2S2. The van der Waals surface area contributed by atoms with Crippen molar-refractivity contribution < 1.29 is 9.53 Å². The molecule has 1 aliphatic heterocycles. The Morgan fingerprint density at radius 2 is 2.17 bits per heavy atom. The molecule has 1 saturated heterocycles. The molecule has 2 heterocycles. The molecule has 2 rings (SSSR count). The van der Waals surface area contributed by atoms with Crippen LogP contribution in [0.4, 0.5) is 5.13 Å². The van der Waals surface area contributed by atoms with Crippen LogP contribution in [0, 0.1) is 0 Å². The smallest absolute Gasteiger partial charge is 0.289 e. The van der Waals surface area contributed by atoms with E-state index in [4.69, 9.17) is 17.0 Å². The van der Waals surface area contributed by atoms with E-state index >= 15 is 0 Å². The van der Waals surface area contributed by atoms with E-state index in [1.54, 1.807) is 5.38 Å². The second-order valence-electron chi connectivity index (χ2n) is 5.61. The fourth-order valence-electron chi connectivity index (χ4n) is 2.09. The maximum Gasteiger partial charge on any atom is 0.289 e. The molecule has 0 radical (unpaired) electrons. The van der Waals surface area contributed by atoms with Crippen molar-refractivity contribution in [1.82, 2.24) is 26.1 Å². The van der Waals surface area contributed by atoms with Gasteiger partial charge < -0.3 is 19.9 Å². The molecule has 0 saturated carbocycles. The Kier molecular flexibility index (Phi) is 7.63. The number of hydrogen-bond acceptors (Lipinski definition) is 7. The summed E-state index contributed by atoms with van der Waals surface area (Å²) < 4.78 is 5.32. The molecule has 10 heteroatoms. The number of amides is 1. The van der Waals surface area contributed by atoms with E-state index in [1.165, 1.54) is 11.3 Å². The number of carbonyl (C=O) groups is 1. The van der Waals surface area contributed by atoms with Crippen molar-refractivity contribution >= 4 is 39.7 Å². The lowest BCUT2D eigenvalue weighted by molar-refractivity contribution is 0.0939. The van der Waals surface area contributed by atoms with Crippen LogP contribution in [-0.2, 0) is 4.74 Å².